The van der Waals surface area contributed by atoms with E-state index in [1.807, 2.05) is 0 Å². The van der Waals surface area contributed by atoms with Crippen LogP contribution in [-0.2, 0) is 4.74 Å². The fourth-order valence-electron chi connectivity index (χ4n) is 1.47. The Labute approximate surface area is 115 Å². The Morgan fingerprint density at radius 1 is 1.20 bits per heavy atom. The lowest BCUT2D eigenvalue weighted by atomic mass is 9.99. The maximum absolute atomic E-state index is 11.8. The molecule has 20 heavy (non-hydrogen) atoms. The van der Waals surface area contributed by atoms with Crippen LogP contribution in [-0.4, -0.2) is 33.5 Å². The first-order valence-electron chi connectivity index (χ1n) is 5.60. The maximum atomic E-state index is 11.8. The summed E-state index contributed by atoms with van der Waals surface area (Å²) in [7, 11) is 0. The fourth-order valence-corrected chi connectivity index (χ4v) is 1.47. The third-order valence-corrected chi connectivity index (χ3v) is 2.49. The van der Waals surface area contributed by atoms with Gasteiger partial charge in [-0.3, -0.25) is 0 Å². The molecule has 2 unspecified atom stereocenters. The molecule has 0 fully saturated rings. The van der Waals surface area contributed by atoms with Crippen LogP contribution in [0.5, 0.6) is 0 Å². The van der Waals surface area contributed by atoms with Crippen molar-refractivity contribution < 1.29 is 29.6 Å². The highest BCUT2D eigenvalue weighted by Gasteiger charge is 2.20. The van der Waals surface area contributed by atoms with E-state index in [0.29, 0.717) is 0 Å². The molecule has 1 aromatic rings. The molecule has 0 saturated heterocycles. The van der Waals surface area contributed by atoms with Gasteiger partial charge in [0.1, 0.15) is 0 Å². The second-order valence-electron chi connectivity index (χ2n) is 3.82. The highest BCUT2D eigenvalue weighted by atomic mass is 16.6. The van der Waals surface area contributed by atoms with Crippen molar-refractivity contribution in [2.45, 2.75) is 12.4 Å². The minimum Gasteiger partial charge on any atom is -0.478 e. The minimum absolute atomic E-state index is 0.0289. The number of hydrogen-bond donors (Lipinski definition) is 3. The molecule has 0 aliphatic rings. The number of esters is 1. The predicted molar refractivity (Wildman–Crippen MR) is 70.2 cm³/mol. The van der Waals surface area contributed by atoms with Gasteiger partial charge in [-0.15, -0.1) is 6.58 Å². The molecule has 1 aromatic carbocycles. The first-order chi connectivity index (χ1) is 9.40. The van der Waals surface area contributed by atoms with Gasteiger partial charge in [0.25, 0.3) is 0 Å². The third-order valence-electron chi connectivity index (χ3n) is 2.49. The van der Waals surface area contributed by atoms with Crippen molar-refractivity contribution in [1.29, 1.82) is 0 Å². The van der Waals surface area contributed by atoms with Gasteiger partial charge in [0.05, 0.1) is 17.2 Å². The molecule has 6 nitrogen and oxygen atoms in total. The molecular weight excluding hydrogens is 264 g/mol. The summed E-state index contributed by atoms with van der Waals surface area (Å²) in [4.78, 5) is 22.7. The van der Waals surface area contributed by atoms with Gasteiger partial charge in [-0.25, -0.2) is 9.59 Å². The molecule has 0 spiro atoms. The van der Waals surface area contributed by atoms with E-state index in [1.54, 1.807) is 0 Å². The van der Waals surface area contributed by atoms with Crippen LogP contribution in [0.15, 0.2) is 43.5 Å². The van der Waals surface area contributed by atoms with Crippen LogP contribution in [0, 0.1) is 0 Å². The number of rotatable bonds is 6. The summed E-state index contributed by atoms with van der Waals surface area (Å²) in [6.45, 7) is 6.62. The van der Waals surface area contributed by atoms with E-state index < -0.39 is 24.3 Å². The Morgan fingerprint density at radius 3 is 2.35 bits per heavy atom. The average Bonchev–Trinajstić information content (AvgIpc) is 2.45. The highest BCUT2D eigenvalue weighted by molar-refractivity contribution is 5.94. The monoisotopic (exact) mass is 278 g/mol. The van der Waals surface area contributed by atoms with Crippen LogP contribution in [0.25, 0.3) is 0 Å². The molecule has 2 atom stereocenters. The van der Waals surface area contributed by atoms with Crippen molar-refractivity contribution in [2.24, 2.45) is 0 Å². The largest absolute Gasteiger partial charge is 0.478 e. The zero-order valence-corrected chi connectivity index (χ0v) is 10.5. The molecule has 3 N–H and O–H groups in total. The topological polar surface area (TPSA) is 104 Å². The number of hydrogen-bond acceptors (Lipinski definition) is 5. The van der Waals surface area contributed by atoms with Crippen molar-refractivity contribution in [1.82, 2.24) is 0 Å². The summed E-state index contributed by atoms with van der Waals surface area (Å²) >= 11 is 0. The Kier molecular flexibility index (Phi) is 5.19. The molecule has 0 radical (unpaired) electrons. The SMILES string of the molecule is C=CC(O)OC(=O)c1ccc(C(=O)O)cc1C(O)C=C. The number of carbonyl (C=O) groups is 2. The summed E-state index contributed by atoms with van der Waals surface area (Å²) in [6.07, 6.45) is -0.581. The Hall–Kier alpha value is -2.44. The third kappa shape index (κ3) is 3.53. The second-order valence-corrected chi connectivity index (χ2v) is 3.82. The number of carbonyl (C=O) groups excluding carboxylic acids is 1. The Morgan fingerprint density at radius 2 is 1.85 bits per heavy atom. The summed E-state index contributed by atoms with van der Waals surface area (Å²) in [6, 6.07) is 3.54. The van der Waals surface area contributed by atoms with E-state index in [0.717, 1.165) is 18.2 Å². The maximum Gasteiger partial charge on any atom is 0.341 e. The molecule has 0 bridgehead atoms. The van der Waals surface area contributed by atoms with E-state index in [-0.39, 0.29) is 16.7 Å². The van der Waals surface area contributed by atoms with Crippen molar-refractivity contribution in [3.63, 3.8) is 0 Å². The average molecular weight is 278 g/mol. The van der Waals surface area contributed by atoms with Gasteiger partial charge in [0.15, 0.2) is 0 Å². The number of aromatic carboxylic acids is 1. The van der Waals surface area contributed by atoms with Crippen LogP contribution in [0.4, 0.5) is 0 Å². The Bertz CT molecular complexity index is 549. The predicted octanol–water partition coefficient (Wildman–Crippen LogP) is 1.27. The van der Waals surface area contributed by atoms with Crippen LogP contribution in [0.1, 0.15) is 32.4 Å². The van der Waals surface area contributed by atoms with Crippen LogP contribution >= 0.6 is 0 Å². The number of ether oxygens (including phenoxy) is 1. The number of carboxylic acid groups (broad SMARTS) is 1. The fraction of sp³-hybridized carbons (Fsp3) is 0.143. The molecule has 0 saturated carbocycles. The molecular formula is C14H14O6. The van der Waals surface area contributed by atoms with Gasteiger partial charge >= 0.3 is 11.9 Å². The molecule has 0 aromatic heterocycles. The summed E-state index contributed by atoms with van der Waals surface area (Å²) in [5.41, 5.74) is -0.133. The van der Waals surface area contributed by atoms with E-state index in [1.165, 1.54) is 12.1 Å². The van der Waals surface area contributed by atoms with Gasteiger partial charge in [-0.1, -0.05) is 12.7 Å². The minimum atomic E-state index is -1.49. The van der Waals surface area contributed by atoms with E-state index in [4.69, 9.17) is 5.11 Å². The Balaban J connectivity index is 3.24. The number of carboxylic acids is 1. The second kappa shape index (κ2) is 6.65. The van der Waals surface area contributed by atoms with Crippen molar-refractivity contribution in [2.75, 3.05) is 0 Å². The number of aliphatic hydroxyl groups excluding tert-OH is 2. The van der Waals surface area contributed by atoms with Crippen molar-refractivity contribution in [3.05, 3.63) is 60.2 Å². The van der Waals surface area contributed by atoms with Crippen molar-refractivity contribution in [3.8, 4) is 0 Å². The number of aliphatic hydroxyl groups is 2. The molecule has 0 aliphatic heterocycles. The summed E-state index contributed by atoms with van der Waals surface area (Å²) < 4.78 is 4.63. The summed E-state index contributed by atoms with van der Waals surface area (Å²) in [5.74, 6) is -2.11. The van der Waals surface area contributed by atoms with E-state index in [2.05, 4.69) is 17.9 Å². The zero-order chi connectivity index (χ0) is 15.3. The first-order valence-corrected chi connectivity index (χ1v) is 5.60. The van der Waals surface area contributed by atoms with E-state index in [9.17, 15) is 19.8 Å². The van der Waals surface area contributed by atoms with Gasteiger partial charge in [-0.05, 0) is 29.8 Å². The van der Waals surface area contributed by atoms with Crippen LogP contribution in [0.3, 0.4) is 0 Å². The molecule has 0 aliphatic carbocycles. The van der Waals surface area contributed by atoms with Crippen LogP contribution < -0.4 is 0 Å². The van der Waals surface area contributed by atoms with Gasteiger partial charge in [0.2, 0.25) is 6.29 Å². The zero-order valence-electron chi connectivity index (χ0n) is 10.5. The van der Waals surface area contributed by atoms with Gasteiger partial charge < -0.3 is 20.1 Å². The lowest BCUT2D eigenvalue weighted by Gasteiger charge is -2.14. The van der Waals surface area contributed by atoms with Crippen molar-refractivity contribution >= 4 is 11.9 Å². The van der Waals surface area contributed by atoms with Crippen LogP contribution in [0.2, 0.25) is 0 Å². The quantitative estimate of drug-likeness (QED) is 0.411. The van der Waals surface area contributed by atoms with Gasteiger partial charge in [-0.2, -0.15) is 0 Å². The molecule has 106 valence electrons. The lowest BCUT2D eigenvalue weighted by Crippen LogP contribution is -2.17. The highest BCUT2D eigenvalue weighted by Crippen LogP contribution is 2.22. The molecule has 0 heterocycles. The molecule has 6 heteroatoms. The molecule has 1 rings (SSSR count). The normalized spacial score (nSPS) is 13.1. The smallest absolute Gasteiger partial charge is 0.341 e. The molecule has 0 amide bonds. The number of benzene rings is 1. The van der Waals surface area contributed by atoms with Gasteiger partial charge in [0, 0.05) is 0 Å². The first kappa shape index (κ1) is 15.6. The lowest BCUT2D eigenvalue weighted by molar-refractivity contribution is -0.0353. The summed E-state index contributed by atoms with van der Waals surface area (Å²) in [5, 5.41) is 27.8. The standard InChI is InChI=1S/C14H14O6/c1-3-11(15)10-7-8(13(17)18)5-6-9(10)14(19)20-12(16)4-2/h3-7,11-12,15-16H,1-2H2,(H,17,18). The van der Waals surface area contributed by atoms with E-state index >= 15 is 0 Å².